The number of hydrogen-bond acceptors (Lipinski definition) is 18. The van der Waals surface area contributed by atoms with Gasteiger partial charge in [-0.15, -0.1) is 0 Å². The van der Waals surface area contributed by atoms with Gasteiger partial charge in [-0.25, -0.2) is 19.6 Å². The Labute approximate surface area is 367 Å². The van der Waals surface area contributed by atoms with Gasteiger partial charge in [0.25, 0.3) is 0 Å². The van der Waals surface area contributed by atoms with E-state index in [0.29, 0.717) is 27.7 Å². The number of anilines is 1. The molecule has 0 saturated carbocycles. The van der Waals surface area contributed by atoms with E-state index >= 15 is 0 Å². The van der Waals surface area contributed by atoms with E-state index in [-0.39, 0.29) is 39.0 Å². The molecule has 0 aliphatic carbocycles. The average Bonchev–Trinajstić information content (AvgIpc) is 3.72. The van der Waals surface area contributed by atoms with Gasteiger partial charge in [-0.05, 0) is 55.8 Å². The number of nitriles is 2. The number of nitrogen functional groups attached to an aromatic ring is 1. The van der Waals surface area contributed by atoms with Crippen molar-refractivity contribution in [1.29, 1.82) is 10.5 Å². The summed E-state index contributed by atoms with van der Waals surface area (Å²) in [6.07, 6.45) is -1.13. The molecule has 2 aromatic heterocycles. The number of rotatable bonds is 21. The molecule has 4 aromatic rings. The summed E-state index contributed by atoms with van der Waals surface area (Å²) in [6.45, 7) is 1.43. The number of ether oxygens (including phenoxy) is 3. The lowest BCUT2D eigenvalue weighted by Gasteiger charge is -2.22. The molecule has 0 unspecified atom stereocenters. The lowest BCUT2D eigenvalue weighted by atomic mass is 9.97. The second-order valence-electron chi connectivity index (χ2n) is 13.5. The Hall–Kier alpha value is -7.24. The number of benzene rings is 2. The first-order valence-corrected chi connectivity index (χ1v) is 19.9. The maximum atomic E-state index is 13.0. The van der Waals surface area contributed by atoms with Crippen LogP contribution in [0.2, 0.25) is 5.02 Å². The SMILES string of the molecule is C[C@H](NC(=O)C[C@H](N)C(=O)O)C(=O)OC[C@H](COc1ccc(-c2c(C#N)c(N)nc(SCc3coc(-c4ccc(Cl)cc4)n3)c2C#N)cc1)OC(=O)[C@H](C)NC(=O)C[C@H](N)C(=O)O. The number of esters is 2. The highest BCUT2D eigenvalue weighted by molar-refractivity contribution is 7.98. The van der Waals surface area contributed by atoms with E-state index in [9.17, 15) is 39.3 Å². The number of aliphatic carboxylic acids is 2. The second kappa shape index (κ2) is 22.6. The van der Waals surface area contributed by atoms with Crippen molar-refractivity contribution in [3.8, 4) is 40.5 Å². The van der Waals surface area contributed by atoms with Crippen molar-refractivity contribution in [2.75, 3.05) is 18.9 Å². The molecule has 4 rings (SSSR count). The van der Waals surface area contributed by atoms with Gasteiger partial charge < -0.3 is 56.7 Å². The van der Waals surface area contributed by atoms with E-state index in [1.54, 1.807) is 24.3 Å². The number of carboxylic acids is 2. The molecule has 0 aliphatic heterocycles. The molecule has 0 saturated heterocycles. The van der Waals surface area contributed by atoms with Crippen LogP contribution in [0.15, 0.2) is 64.2 Å². The van der Waals surface area contributed by atoms with Crippen molar-refractivity contribution < 1.29 is 57.6 Å². The van der Waals surface area contributed by atoms with Crippen LogP contribution < -0.4 is 32.6 Å². The van der Waals surface area contributed by atoms with Gasteiger partial charge in [0.05, 0.1) is 24.1 Å². The van der Waals surface area contributed by atoms with Gasteiger partial charge in [0.15, 0.2) is 6.10 Å². The zero-order chi connectivity index (χ0) is 46.4. The van der Waals surface area contributed by atoms with E-state index in [4.69, 9.17) is 57.6 Å². The Morgan fingerprint density at radius 1 is 0.825 bits per heavy atom. The van der Waals surface area contributed by atoms with Crippen molar-refractivity contribution >= 4 is 64.9 Å². The molecule has 21 nitrogen and oxygen atoms in total. The van der Waals surface area contributed by atoms with Crippen molar-refractivity contribution in [1.82, 2.24) is 20.6 Å². The molecule has 0 spiro atoms. The van der Waals surface area contributed by atoms with E-state index in [2.05, 4.69) is 26.7 Å². The van der Waals surface area contributed by atoms with E-state index in [1.807, 2.05) is 6.07 Å². The molecule has 2 aromatic carbocycles. The first-order valence-electron chi connectivity index (χ1n) is 18.5. The van der Waals surface area contributed by atoms with Gasteiger partial charge in [-0.2, -0.15) is 10.5 Å². The van der Waals surface area contributed by atoms with E-state index in [1.165, 1.54) is 44.4 Å². The highest BCUT2D eigenvalue weighted by Gasteiger charge is 2.28. The Morgan fingerprint density at radius 2 is 1.38 bits per heavy atom. The predicted octanol–water partition coefficient (Wildman–Crippen LogP) is 2.12. The third kappa shape index (κ3) is 13.9. The van der Waals surface area contributed by atoms with Crippen molar-refractivity contribution in [2.24, 2.45) is 11.5 Å². The Kier molecular flexibility index (Phi) is 17.3. The Balaban J connectivity index is 1.49. The van der Waals surface area contributed by atoms with Crippen LogP contribution in [0, 0.1) is 22.7 Å². The van der Waals surface area contributed by atoms with Crippen LogP contribution >= 0.6 is 23.4 Å². The van der Waals surface area contributed by atoms with Crippen LogP contribution in [0.4, 0.5) is 5.82 Å². The molecule has 63 heavy (non-hydrogen) atoms. The molecule has 10 N–H and O–H groups in total. The number of carboxylic acid groups (broad SMARTS) is 2. The molecule has 0 radical (unpaired) electrons. The summed E-state index contributed by atoms with van der Waals surface area (Å²) < 4.78 is 22.2. The summed E-state index contributed by atoms with van der Waals surface area (Å²) in [5, 5.41) is 43.5. The number of carbonyl (C=O) groups is 6. The number of amides is 2. The third-order valence-corrected chi connectivity index (χ3v) is 9.86. The van der Waals surface area contributed by atoms with E-state index < -0.39 is 92.0 Å². The maximum absolute atomic E-state index is 13.0. The number of carbonyl (C=O) groups excluding carboxylic acids is 4. The summed E-state index contributed by atoms with van der Waals surface area (Å²) in [5.41, 5.74) is 18.8. The topological polar surface area (TPSA) is 359 Å². The highest BCUT2D eigenvalue weighted by Crippen LogP contribution is 2.37. The van der Waals surface area contributed by atoms with Crippen LogP contribution in [-0.4, -0.2) is 99.4 Å². The third-order valence-electron chi connectivity index (χ3n) is 8.60. The highest BCUT2D eigenvalue weighted by atomic mass is 35.5. The molecule has 0 aliphatic rings. The normalized spacial score (nSPS) is 13.1. The van der Waals surface area contributed by atoms with E-state index in [0.717, 1.165) is 11.8 Å². The fraction of sp³-hybridized carbons (Fsp3) is 0.300. The molecular weight excluding hydrogens is 866 g/mol. The number of aromatic nitrogens is 2. The second-order valence-corrected chi connectivity index (χ2v) is 14.9. The molecule has 2 amide bonds. The molecule has 330 valence electrons. The van der Waals surface area contributed by atoms with Gasteiger partial charge in [0, 0.05) is 21.9 Å². The fourth-order valence-electron chi connectivity index (χ4n) is 5.31. The first kappa shape index (κ1) is 48.4. The standard InChI is InChI=1S/C40H40ClN9O12S/c1-19(47-31(51)11-29(44)37(53)54)39(57)61-17-26(62-40(58)20(2)48-32(52)12-30(45)38(55)56)16-59-25-9-5-21(6-10-25)33-27(13-42)34(46)50-36(28(33)14-43)63-18-24-15-60-35(49-24)22-3-7-23(41)8-4-22/h3-10,15,19-20,26,29-30H,11-12,16-18,44-45H2,1-2H3,(H2,46,50)(H,47,51)(H,48,52)(H,53,54)(H,55,56)/t19-,20-,26-,29-,30-/m0/s1. The number of halogens is 1. The monoisotopic (exact) mass is 905 g/mol. The number of nitrogens with zero attached hydrogens (tertiary/aromatic N) is 4. The predicted molar refractivity (Wildman–Crippen MR) is 222 cm³/mol. The summed E-state index contributed by atoms with van der Waals surface area (Å²) in [4.78, 5) is 81.0. The quantitative estimate of drug-likeness (QED) is 0.0465. The van der Waals surface area contributed by atoms with Gasteiger partial charge in [-0.1, -0.05) is 35.5 Å². The number of nitrogens with two attached hydrogens (primary N) is 3. The molecular formula is C40H40ClN9O12S. The minimum Gasteiger partial charge on any atom is -0.490 e. The van der Waals surface area contributed by atoms with Crippen LogP contribution in [0.5, 0.6) is 5.75 Å². The summed E-state index contributed by atoms with van der Waals surface area (Å²) in [6, 6.07) is 11.4. The lowest BCUT2D eigenvalue weighted by Crippen LogP contribution is -2.46. The summed E-state index contributed by atoms with van der Waals surface area (Å²) in [7, 11) is 0. The zero-order valence-electron chi connectivity index (χ0n) is 33.4. The van der Waals surface area contributed by atoms with Crippen LogP contribution in [0.1, 0.15) is 43.5 Å². The van der Waals surface area contributed by atoms with Crippen molar-refractivity contribution in [2.45, 2.75) is 67.7 Å². The smallest absolute Gasteiger partial charge is 0.328 e. The lowest BCUT2D eigenvalue weighted by molar-refractivity contribution is -0.163. The first-order chi connectivity index (χ1) is 29.9. The van der Waals surface area contributed by atoms with Gasteiger partial charge in [0.2, 0.25) is 17.7 Å². The fourth-order valence-corrected chi connectivity index (χ4v) is 6.31. The number of thioether (sulfide) groups is 1. The number of pyridine rings is 1. The van der Waals surface area contributed by atoms with Gasteiger partial charge in [0.1, 0.15) is 77.9 Å². The minimum atomic E-state index is -1.53. The van der Waals surface area contributed by atoms with Crippen LogP contribution in [0.25, 0.3) is 22.6 Å². The Bertz CT molecular complexity index is 2420. The van der Waals surface area contributed by atoms with Gasteiger partial charge in [-0.3, -0.25) is 19.2 Å². The number of hydrogen-bond donors (Lipinski definition) is 7. The molecule has 0 bridgehead atoms. The van der Waals surface area contributed by atoms with Crippen molar-refractivity contribution in [3.63, 3.8) is 0 Å². The molecule has 23 heteroatoms. The summed E-state index contributed by atoms with van der Waals surface area (Å²) in [5.74, 6) is -5.94. The minimum absolute atomic E-state index is 0.0499. The number of oxazole rings is 1. The maximum Gasteiger partial charge on any atom is 0.328 e. The largest absolute Gasteiger partial charge is 0.490 e. The summed E-state index contributed by atoms with van der Waals surface area (Å²) >= 11 is 7.13. The number of nitrogens with one attached hydrogen (secondary N) is 2. The molecule has 0 fully saturated rings. The van der Waals surface area contributed by atoms with Crippen LogP contribution in [-0.2, 0) is 44.0 Å². The van der Waals surface area contributed by atoms with Gasteiger partial charge >= 0.3 is 23.9 Å². The van der Waals surface area contributed by atoms with Crippen LogP contribution in [0.3, 0.4) is 0 Å². The average molecular weight is 906 g/mol. The Morgan fingerprint density at radius 3 is 1.94 bits per heavy atom. The van der Waals surface area contributed by atoms with Crippen molar-refractivity contribution in [3.05, 3.63) is 76.6 Å². The molecule has 5 atom stereocenters. The molecule has 2 heterocycles. The zero-order valence-corrected chi connectivity index (χ0v) is 35.0.